The number of carboxylic acid groups (broad SMARTS) is 1. The van der Waals surface area contributed by atoms with Crippen LogP contribution in [0.5, 0.6) is 0 Å². The first kappa shape index (κ1) is 31.2. The molecule has 0 atom stereocenters. The lowest BCUT2D eigenvalue weighted by Gasteiger charge is -2.31. The van der Waals surface area contributed by atoms with Gasteiger partial charge in [-0.15, -0.1) is 0 Å². The fraction of sp³-hybridized carbons (Fsp3) is 0.533. The summed E-state index contributed by atoms with van der Waals surface area (Å²) in [7, 11) is 0. The van der Waals surface area contributed by atoms with Crippen LogP contribution in [0.1, 0.15) is 79.1 Å². The molecule has 0 bridgehead atoms. The maximum Gasteiger partial charge on any atom is 0.411 e. The molecule has 1 aliphatic rings. The van der Waals surface area contributed by atoms with Gasteiger partial charge in [-0.2, -0.15) is 0 Å². The number of carboxylic acids is 1. The Bertz CT molecular complexity index is 849. The molecule has 36 heavy (non-hydrogen) atoms. The molecular formula is C30H46N2O4. The summed E-state index contributed by atoms with van der Waals surface area (Å²) in [5, 5.41) is 11.6. The van der Waals surface area contributed by atoms with Gasteiger partial charge in [0.15, 0.2) is 0 Å². The Labute approximate surface area is 218 Å². The number of benzene rings is 2. The molecule has 3 rings (SSSR count). The molecule has 6 heteroatoms. The number of unbranched alkanes of at least 4 members (excludes halogenated alkanes) is 4. The van der Waals surface area contributed by atoms with E-state index in [1.807, 2.05) is 82.3 Å². The van der Waals surface area contributed by atoms with E-state index < -0.39 is 12.1 Å². The van der Waals surface area contributed by atoms with Gasteiger partial charge in [0, 0.05) is 25.1 Å². The second kappa shape index (κ2) is 19.3. The van der Waals surface area contributed by atoms with Gasteiger partial charge >= 0.3 is 12.1 Å². The number of amides is 1. The van der Waals surface area contributed by atoms with Gasteiger partial charge in [0.1, 0.15) is 6.10 Å². The van der Waals surface area contributed by atoms with Gasteiger partial charge in [0.25, 0.3) is 0 Å². The first-order chi connectivity index (χ1) is 17.6. The largest absolute Gasteiger partial charge is 0.481 e. The Balaban J connectivity index is 0.00000154. The standard InChI is InChI=1S/C26H34N2O4.2C2H6/c29-25(30)15-7-2-1-3-10-18-28-19-16-22(17-20-28)32-26(31)27-24-14-9-8-13-23(24)21-11-5-4-6-12-21;2*1-2/h4-6,8-9,11-14,22H,1-3,7,10,15-20H2,(H,27,31)(H,29,30);2*1-2H3. The molecule has 1 heterocycles. The summed E-state index contributed by atoms with van der Waals surface area (Å²) < 4.78 is 5.70. The van der Waals surface area contributed by atoms with Gasteiger partial charge < -0.3 is 14.7 Å². The van der Waals surface area contributed by atoms with E-state index in [4.69, 9.17) is 9.84 Å². The summed E-state index contributed by atoms with van der Waals surface area (Å²) in [5.41, 5.74) is 2.78. The van der Waals surface area contributed by atoms with Crippen LogP contribution >= 0.6 is 0 Å². The lowest BCUT2D eigenvalue weighted by molar-refractivity contribution is -0.137. The summed E-state index contributed by atoms with van der Waals surface area (Å²) in [5.74, 6) is -0.704. The SMILES string of the molecule is CC.CC.O=C(O)CCCCCCCN1CCC(OC(=O)Nc2ccccc2-c2ccccc2)CC1. The number of likely N-dealkylation sites (tertiary alicyclic amines) is 1. The maximum atomic E-state index is 12.5. The number of hydrogen-bond acceptors (Lipinski definition) is 4. The maximum absolute atomic E-state index is 12.5. The highest BCUT2D eigenvalue weighted by molar-refractivity contribution is 5.91. The zero-order chi connectivity index (χ0) is 26.6. The Morgan fingerprint density at radius 3 is 2.11 bits per heavy atom. The Morgan fingerprint density at radius 1 is 0.861 bits per heavy atom. The number of hydrogen-bond donors (Lipinski definition) is 2. The van der Waals surface area contributed by atoms with Crippen LogP contribution in [0, 0.1) is 0 Å². The van der Waals surface area contributed by atoms with Gasteiger partial charge in [-0.25, -0.2) is 4.79 Å². The van der Waals surface area contributed by atoms with Crippen LogP contribution in [0.15, 0.2) is 54.6 Å². The number of anilines is 1. The van der Waals surface area contributed by atoms with Gasteiger partial charge in [-0.1, -0.05) is 95.5 Å². The summed E-state index contributed by atoms with van der Waals surface area (Å²) in [6.07, 6.45) is 6.67. The molecule has 200 valence electrons. The quantitative estimate of drug-likeness (QED) is 0.308. The Morgan fingerprint density at radius 2 is 1.44 bits per heavy atom. The van der Waals surface area contributed by atoms with E-state index >= 15 is 0 Å². The van der Waals surface area contributed by atoms with Gasteiger partial charge in [0.05, 0.1) is 5.69 Å². The number of piperidine rings is 1. The molecule has 1 aliphatic heterocycles. The van der Waals surface area contributed by atoms with E-state index in [1.54, 1.807) is 0 Å². The molecule has 2 N–H and O–H groups in total. The number of carbonyl (C=O) groups excluding carboxylic acids is 1. The van der Waals surface area contributed by atoms with E-state index in [0.717, 1.165) is 81.4 Å². The molecule has 2 aromatic rings. The minimum Gasteiger partial charge on any atom is -0.481 e. The molecule has 0 radical (unpaired) electrons. The van der Waals surface area contributed by atoms with Crippen LogP contribution in [0.3, 0.4) is 0 Å². The number of nitrogens with zero attached hydrogens (tertiary/aromatic N) is 1. The molecule has 0 aliphatic carbocycles. The van der Waals surface area contributed by atoms with Gasteiger partial charge in [0.2, 0.25) is 0 Å². The van der Waals surface area contributed by atoms with Crippen LogP contribution in [0.4, 0.5) is 10.5 Å². The summed E-state index contributed by atoms with van der Waals surface area (Å²) in [4.78, 5) is 25.4. The third-order valence-electron chi connectivity index (χ3n) is 5.92. The van der Waals surface area contributed by atoms with Crippen LogP contribution in [-0.2, 0) is 9.53 Å². The van der Waals surface area contributed by atoms with Crippen molar-refractivity contribution < 1.29 is 19.4 Å². The van der Waals surface area contributed by atoms with Crippen LogP contribution in [-0.4, -0.2) is 47.8 Å². The van der Waals surface area contributed by atoms with Gasteiger partial charge in [-0.05, 0) is 43.9 Å². The minimum atomic E-state index is -0.704. The lowest BCUT2D eigenvalue weighted by Crippen LogP contribution is -2.38. The highest BCUT2D eigenvalue weighted by Crippen LogP contribution is 2.28. The average molecular weight is 499 g/mol. The van der Waals surface area contributed by atoms with E-state index in [-0.39, 0.29) is 12.5 Å². The lowest BCUT2D eigenvalue weighted by atomic mass is 10.0. The number of aliphatic carboxylic acids is 1. The van der Waals surface area contributed by atoms with Crippen molar-refractivity contribution in [2.45, 2.75) is 85.2 Å². The normalized spacial score (nSPS) is 13.4. The minimum absolute atomic E-state index is 0.0499. The predicted molar refractivity (Wildman–Crippen MR) is 149 cm³/mol. The molecular weight excluding hydrogens is 452 g/mol. The van der Waals surface area contributed by atoms with Crippen molar-refractivity contribution in [1.29, 1.82) is 0 Å². The van der Waals surface area contributed by atoms with Crippen molar-refractivity contribution >= 4 is 17.7 Å². The van der Waals surface area contributed by atoms with E-state index in [0.29, 0.717) is 0 Å². The summed E-state index contributed by atoms with van der Waals surface area (Å²) in [6.45, 7) is 10.9. The average Bonchev–Trinajstić information content (AvgIpc) is 2.92. The highest BCUT2D eigenvalue weighted by atomic mass is 16.6. The third-order valence-corrected chi connectivity index (χ3v) is 5.92. The summed E-state index contributed by atoms with van der Waals surface area (Å²) >= 11 is 0. The van der Waals surface area contributed by atoms with Crippen molar-refractivity contribution in [1.82, 2.24) is 4.90 Å². The number of nitrogens with one attached hydrogen (secondary N) is 1. The highest BCUT2D eigenvalue weighted by Gasteiger charge is 2.22. The van der Waals surface area contributed by atoms with E-state index in [9.17, 15) is 9.59 Å². The first-order valence-electron chi connectivity index (χ1n) is 13.7. The molecule has 0 spiro atoms. The molecule has 0 saturated carbocycles. The van der Waals surface area contributed by atoms with Crippen molar-refractivity contribution in [3.05, 3.63) is 54.6 Å². The second-order valence-electron chi connectivity index (χ2n) is 8.39. The molecule has 1 saturated heterocycles. The Hall–Kier alpha value is -2.86. The molecule has 0 unspecified atom stereocenters. The summed E-state index contributed by atoms with van der Waals surface area (Å²) in [6, 6.07) is 17.8. The predicted octanol–water partition coefficient (Wildman–Crippen LogP) is 7.84. The monoisotopic (exact) mass is 498 g/mol. The third kappa shape index (κ3) is 12.2. The molecule has 1 fully saturated rings. The number of para-hydroxylation sites is 1. The Kier molecular flexibility index (Phi) is 16.7. The second-order valence-corrected chi connectivity index (χ2v) is 8.39. The van der Waals surface area contributed by atoms with Gasteiger partial charge in [-0.3, -0.25) is 10.1 Å². The number of rotatable bonds is 11. The number of ether oxygens (including phenoxy) is 1. The van der Waals surface area contributed by atoms with Crippen LogP contribution in [0.25, 0.3) is 11.1 Å². The van der Waals surface area contributed by atoms with Crippen molar-refractivity contribution in [3.8, 4) is 11.1 Å². The smallest absolute Gasteiger partial charge is 0.411 e. The fourth-order valence-electron chi connectivity index (χ4n) is 4.15. The van der Waals surface area contributed by atoms with Crippen molar-refractivity contribution in [2.24, 2.45) is 0 Å². The molecule has 2 aromatic carbocycles. The zero-order valence-electron chi connectivity index (χ0n) is 22.7. The first-order valence-corrected chi connectivity index (χ1v) is 13.7. The van der Waals surface area contributed by atoms with Crippen molar-refractivity contribution in [2.75, 3.05) is 25.0 Å². The van der Waals surface area contributed by atoms with Crippen molar-refractivity contribution in [3.63, 3.8) is 0 Å². The van der Waals surface area contributed by atoms with E-state index in [1.165, 1.54) is 0 Å². The fourth-order valence-corrected chi connectivity index (χ4v) is 4.15. The molecule has 6 nitrogen and oxygen atoms in total. The topological polar surface area (TPSA) is 78.9 Å². The van der Waals surface area contributed by atoms with Crippen LogP contribution < -0.4 is 5.32 Å². The zero-order valence-corrected chi connectivity index (χ0v) is 22.7. The molecule has 1 amide bonds. The van der Waals surface area contributed by atoms with Crippen LogP contribution in [0.2, 0.25) is 0 Å². The number of carbonyl (C=O) groups is 2. The van der Waals surface area contributed by atoms with E-state index in [2.05, 4.69) is 10.2 Å². The molecule has 0 aromatic heterocycles.